The minimum atomic E-state index is -0.955. The standard InChI is InChI=1S/C15H19NO3/c1-3-4-10(2)14(17)16-8-7-11-5-6-12(15(18)19)9-13(11)16/h5-6,9-10H,3-4,7-8H2,1-2H3,(H,18,19). The lowest BCUT2D eigenvalue weighted by molar-refractivity contribution is -0.122. The number of anilines is 1. The summed E-state index contributed by atoms with van der Waals surface area (Å²) >= 11 is 0. The number of fused-ring (bicyclic) bond motifs is 1. The smallest absolute Gasteiger partial charge is 0.335 e. The van der Waals surface area contributed by atoms with Crippen LogP contribution in [0.3, 0.4) is 0 Å². The molecule has 0 aliphatic carbocycles. The van der Waals surface area contributed by atoms with Gasteiger partial charge >= 0.3 is 5.97 Å². The number of carboxylic acid groups (broad SMARTS) is 1. The van der Waals surface area contributed by atoms with E-state index in [0.717, 1.165) is 30.5 Å². The zero-order valence-electron chi connectivity index (χ0n) is 11.3. The second-order valence-electron chi connectivity index (χ2n) is 5.08. The molecule has 2 rings (SSSR count). The van der Waals surface area contributed by atoms with Crippen molar-refractivity contribution in [2.75, 3.05) is 11.4 Å². The first-order chi connectivity index (χ1) is 9.04. The lowest BCUT2D eigenvalue weighted by Gasteiger charge is -2.21. The summed E-state index contributed by atoms with van der Waals surface area (Å²) in [6.45, 7) is 4.65. The average Bonchev–Trinajstić information content (AvgIpc) is 2.80. The summed E-state index contributed by atoms with van der Waals surface area (Å²) < 4.78 is 0. The third-order valence-electron chi connectivity index (χ3n) is 3.64. The van der Waals surface area contributed by atoms with Crippen molar-refractivity contribution in [1.29, 1.82) is 0 Å². The normalized spacial score (nSPS) is 15.2. The van der Waals surface area contributed by atoms with E-state index in [1.807, 2.05) is 13.0 Å². The van der Waals surface area contributed by atoms with E-state index < -0.39 is 5.97 Å². The van der Waals surface area contributed by atoms with Gasteiger partial charge in [-0.3, -0.25) is 4.79 Å². The Morgan fingerprint density at radius 1 is 1.42 bits per heavy atom. The molecule has 4 nitrogen and oxygen atoms in total. The summed E-state index contributed by atoms with van der Waals surface area (Å²) in [5.41, 5.74) is 2.07. The van der Waals surface area contributed by atoms with Gasteiger partial charge in [-0.2, -0.15) is 0 Å². The second kappa shape index (κ2) is 5.43. The molecule has 0 fully saturated rings. The molecular weight excluding hydrogens is 242 g/mol. The molecule has 1 heterocycles. The predicted octanol–water partition coefficient (Wildman–Crippen LogP) is 2.71. The largest absolute Gasteiger partial charge is 0.478 e. The molecule has 0 saturated carbocycles. The van der Waals surface area contributed by atoms with Crippen LogP contribution in [0.5, 0.6) is 0 Å². The molecule has 1 aromatic rings. The van der Waals surface area contributed by atoms with Gasteiger partial charge in [-0.05, 0) is 30.5 Å². The van der Waals surface area contributed by atoms with Crippen LogP contribution in [0, 0.1) is 5.92 Å². The highest BCUT2D eigenvalue weighted by molar-refractivity contribution is 5.98. The van der Waals surface area contributed by atoms with Crippen LogP contribution in [0.15, 0.2) is 18.2 Å². The summed E-state index contributed by atoms with van der Waals surface area (Å²) in [6.07, 6.45) is 2.64. The number of hydrogen-bond acceptors (Lipinski definition) is 2. The van der Waals surface area contributed by atoms with Crippen LogP contribution >= 0.6 is 0 Å². The molecule has 1 N–H and O–H groups in total. The Labute approximate surface area is 113 Å². The van der Waals surface area contributed by atoms with Gasteiger partial charge in [-0.25, -0.2) is 4.79 Å². The molecule has 1 aromatic carbocycles. The maximum atomic E-state index is 12.4. The van der Waals surface area contributed by atoms with Gasteiger partial charge in [0, 0.05) is 18.2 Å². The molecule has 0 aromatic heterocycles. The highest BCUT2D eigenvalue weighted by Crippen LogP contribution is 2.30. The van der Waals surface area contributed by atoms with Gasteiger partial charge in [-0.1, -0.05) is 26.3 Å². The summed E-state index contributed by atoms with van der Waals surface area (Å²) in [7, 11) is 0. The van der Waals surface area contributed by atoms with Crippen LogP contribution in [-0.2, 0) is 11.2 Å². The van der Waals surface area contributed by atoms with Crippen molar-refractivity contribution in [2.45, 2.75) is 33.1 Å². The number of benzene rings is 1. The first kappa shape index (κ1) is 13.6. The Morgan fingerprint density at radius 3 is 2.79 bits per heavy atom. The Balaban J connectivity index is 2.27. The van der Waals surface area contributed by atoms with Gasteiger partial charge in [0.15, 0.2) is 0 Å². The van der Waals surface area contributed by atoms with Crippen LogP contribution in [0.2, 0.25) is 0 Å². The lowest BCUT2D eigenvalue weighted by Crippen LogP contribution is -2.33. The molecule has 1 atom stereocenters. The van der Waals surface area contributed by atoms with Crippen LogP contribution in [0.25, 0.3) is 0 Å². The molecule has 1 aliphatic rings. The Kier molecular flexibility index (Phi) is 3.88. The van der Waals surface area contributed by atoms with E-state index in [0.29, 0.717) is 6.54 Å². The van der Waals surface area contributed by atoms with Gasteiger partial charge in [-0.15, -0.1) is 0 Å². The minimum Gasteiger partial charge on any atom is -0.478 e. The number of hydrogen-bond donors (Lipinski definition) is 1. The van der Waals surface area contributed by atoms with Crippen molar-refractivity contribution < 1.29 is 14.7 Å². The fourth-order valence-electron chi connectivity index (χ4n) is 2.56. The molecule has 1 aliphatic heterocycles. The molecule has 0 spiro atoms. The van der Waals surface area contributed by atoms with E-state index in [1.54, 1.807) is 17.0 Å². The molecule has 0 bridgehead atoms. The maximum absolute atomic E-state index is 12.4. The highest BCUT2D eigenvalue weighted by atomic mass is 16.4. The van der Waals surface area contributed by atoms with E-state index in [9.17, 15) is 9.59 Å². The molecular formula is C15H19NO3. The van der Waals surface area contributed by atoms with Gasteiger partial charge in [0.05, 0.1) is 5.56 Å². The number of rotatable bonds is 4. The topological polar surface area (TPSA) is 57.6 Å². The van der Waals surface area contributed by atoms with Gasteiger partial charge in [0.2, 0.25) is 5.91 Å². The SMILES string of the molecule is CCCC(C)C(=O)N1CCc2ccc(C(=O)O)cc21. The summed E-state index contributed by atoms with van der Waals surface area (Å²) in [6, 6.07) is 5.03. The zero-order valence-corrected chi connectivity index (χ0v) is 11.3. The maximum Gasteiger partial charge on any atom is 0.335 e. The number of carbonyl (C=O) groups excluding carboxylic acids is 1. The molecule has 1 unspecified atom stereocenters. The molecule has 4 heteroatoms. The predicted molar refractivity (Wildman–Crippen MR) is 73.5 cm³/mol. The van der Waals surface area contributed by atoms with Crippen LogP contribution in [0.4, 0.5) is 5.69 Å². The van der Waals surface area contributed by atoms with Crippen molar-refractivity contribution in [2.24, 2.45) is 5.92 Å². The Bertz CT molecular complexity index is 510. The third-order valence-corrected chi connectivity index (χ3v) is 3.64. The number of aromatic carboxylic acids is 1. The van der Waals surface area contributed by atoms with Gasteiger partial charge in [0.1, 0.15) is 0 Å². The minimum absolute atomic E-state index is 0.00978. The van der Waals surface area contributed by atoms with Crippen molar-refractivity contribution in [3.05, 3.63) is 29.3 Å². The Morgan fingerprint density at radius 2 is 2.16 bits per heavy atom. The molecule has 19 heavy (non-hydrogen) atoms. The molecule has 102 valence electrons. The van der Waals surface area contributed by atoms with E-state index in [-0.39, 0.29) is 17.4 Å². The number of carboxylic acids is 1. The number of amides is 1. The lowest BCUT2D eigenvalue weighted by atomic mass is 10.0. The van der Waals surface area contributed by atoms with Crippen LogP contribution in [0.1, 0.15) is 42.6 Å². The highest BCUT2D eigenvalue weighted by Gasteiger charge is 2.28. The third kappa shape index (κ3) is 2.62. The molecule has 0 radical (unpaired) electrons. The van der Waals surface area contributed by atoms with E-state index >= 15 is 0 Å². The fraction of sp³-hybridized carbons (Fsp3) is 0.467. The van der Waals surface area contributed by atoms with Crippen molar-refractivity contribution >= 4 is 17.6 Å². The van der Waals surface area contributed by atoms with Gasteiger partial charge in [0.25, 0.3) is 0 Å². The monoisotopic (exact) mass is 261 g/mol. The average molecular weight is 261 g/mol. The molecule has 0 saturated heterocycles. The molecule has 1 amide bonds. The van der Waals surface area contributed by atoms with Crippen LogP contribution < -0.4 is 4.90 Å². The fourth-order valence-corrected chi connectivity index (χ4v) is 2.56. The summed E-state index contributed by atoms with van der Waals surface area (Å²) in [4.78, 5) is 25.1. The van der Waals surface area contributed by atoms with Crippen LogP contribution in [-0.4, -0.2) is 23.5 Å². The van der Waals surface area contributed by atoms with Crippen molar-refractivity contribution in [3.8, 4) is 0 Å². The summed E-state index contributed by atoms with van der Waals surface area (Å²) in [5.74, 6) is -0.865. The van der Waals surface area contributed by atoms with Gasteiger partial charge < -0.3 is 10.0 Å². The number of carbonyl (C=O) groups is 2. The van der Waals surface area contributed by atoms with E-state index in [1.165, 1.54) is 0 Å². The zero-order chi connectivity index (χ0) is 14.0. The Hall–Kier alpha value is -1.84. The van der Waals surface area contributed by atoms with E-state index in [4.69, 9.17) is 5.11 Å². The summed E-state index contributed by atoms with van der Waals surface area (Å²) in [5, 5.41) is 9.03. The first-order valence-corrected chi connectivity index (χ1v) is 6.72. The number of nitrogens with zero attached hydrogens (tertiary/aromatic N) is 1. The van der Waals surface area contributed by atoms with Crippen molar-refractivity contribution in [3.63, 3.8) is 0 Å². The van der Waals surface area contributed by atoms with E-state index in [2.05, 4.69) is 6.92 Å². The quantitative estimate of drug-likeness (QED) is 0.906. The first-order valence-electron chi connectivity index (χ1n) is 6.72. The van der Waals surface area contributed by atoms with Crippen molar-refractivity contribution in [1.82, 2.24) is 0 Å². The second-order valence-corrected chi connectivity index (χ2v) is 5.08.